The summed E-state index contributed by atoms with van der Waals surface area (Å²) in [5, 5.41) is 0. The van der Waals surface area contributed by atoms with E-state index < -0.39 is 0 Å². The van der Waals surface area contributed by atoms with Crippen molar-refractivity contribution < 1.29 is 24.0 Å². The highest BCUT2D eigenvalue weighted by Gasteiger charge is 2.61. The predicted octanol–water partition coefficient (Wildman–Crippen LogP) is 2.82. The molecule has 4 aliphatic carbocycles. The van der Waals surface area contributed by atoms with Crippen LogP contribution in [0.25, 0.3) is 0 Å². The van der Waals surface area contributed by atoms with Gasteiger partial charge in [0.15, 0.2) is 0 Å². The highest BCUT2D eigenvalue weighted by molar-refractivity contribution is 5.79. The van der Waals surface area contributed by atoms with Crippen molar-refractivity contribution in [2.24, 2.45) is 34.5 Å². The Morgan fingerprint density at radius 1 is 1.03 bits per heavy atom. The maximum atomic E-state index is 12.7. The number of esters is 1. The lowest BCUT2D eigenvalue weighted by molar-refractivity contribution is -0.907. The standard InChI is InChI=1S/C26H41NO4/c1-25-10-7-19(28)17-18(25)3-4-20-21-5-6-23(26(21,2)11-8-22(20)25)31-24(29)9-12-27-13-15-30-16-14-27/h18,20-23H,3-17H2,1-2H3/p+1/t18-,20+,21-,22+,23+,25+,26+/m1/s1. The van der Waals surface area contributed by atoms with Crippen molar-refractivity contribution in [3.63, 3.8) is 0 Å². The van der Waals surface area contributed by atoms with Crippen LogP contribution < -0.4 is 4.90 Å². The van der Waals surface area contributed by atoms with Gasteiger partial charge in [-0.1, -0.05) is 13.8 Å². The van der Waals surface area contributed by atoms with Crippen LogP contribution in [-0.4, -0.2) is 50.7 Å². The summed E-state index contributed by atoms with van der Waals surface area (Å²) in [6.07, 6.45) is 10.5. The van der Waals surface area contributed by atoms with Gasteiger partial charge in [-0.05, 0) is 74.0 Å². The van der Waals surface area contributed by atoms with Gasteiger partial charge < -0.3 is 14.4 Å². The highest BCUT2D eigenvalue weighted by Crippen LogP contribution is 2.66. The zero-order chi connectivity index (χ0) is 21.6. The van der Waals surface area contributed by atoms with Gasteiger partial charge in [0.25, 0.3) is 0 Å². The zero-order valence-electron chi connectivity index (χ0n) is 19.6. The van der Waals surface area contributed by atoms with E-state index in [1.165, 1.54) is 37.0 Å². The number of morpholine rings is 1. The number of ether oxygens (including phenoxy) is 2. The van der Waals surface area contributed by atoms with E-state index in [9.17, 15) is 9.59 Å². The average Bonchev–Trinajstić information content (AvgIpc) is 3.10. The second kappa shape index (κ2) is 8.44. The van der Waals surface area contributed by atoms with Crippen molar-refractivity contribution >= 4 is 11.8 Å². The lowest BCUT2D eigenvalue weighted by Crippen LogP contribution is -3.14. The van der Waals surface area contributed by atoms with E-state index in [-0.39, 0.29) is 17.5 Å². The molecule has 5 heteroatoms. The van der Waals surface area contributed by atoms with Gasteiger partial charge in [0, 0.05) is 18.3 Å². The molecule has 0 amide bonds. The van der Waals surface area contributed by atoms with Gasteiger partial charge in [0.05, 0.1) is 26.2 Å². The third kappa shape index (κ3) is 3.88. The minimum absolute atomic E-state index is 0.00875. The molecule has 1 aliphatic heterocycles. The smallest absolute Gasteiger partial charge is 0.311 e. The first-order chi connectivity index (χ1) is 14.9. The Morgan fingerprint density at radius 2 is 1.81 bits per heavy atom. The number of hydrogen-bond donors (Lipinski definition) is 1. The molecule has 5 nitrogen and oxygen atoms in total. The SMILES string of the molecule is C[C@]12CCC(=O)C[C@H]1CC[C@H]1[C@H]3CC[C@H](OC(=O)CC[NH+]4CCOCC4)[C@@]3(C)CC[C@@H]12. The van der Waals surface area contributed by atoms with Gasteiger partial charge in [0.2, 0.25) is 0 Å². The molecule has 5 rings (SSSR count). The fourth-order valence-electron chi connectivity index (χ4n) is 8.60. The fourth-order valence-corrected chi connectivity index (χ4v) is 8.60. The summed E-state index contributed by atoms with van der Waals surface area (Å²) < 4.78 is 11.6. The Bertz CT molecular complexity index is 704. The molecule has 5 fully saturated rings. The molecule has 5 aliphatic rings. The number of Topliss-reactive ketones (excluding diaryl/α,β-unsaturated/α-hetero) is 1. The summed E-state index contributed by atoms with van der Waals surface area (Å²) >= 11 is 0. The number of rotatable bonds is 4. The topological polar surface area (TPSA) is 57.0 Å². The van der Waals surface area contributed by atoms with Crippen LogP contribution >= 0.6 is 0 Å². The summed E-state index contributed by atoms with van der Waals surface area (Å²) in [4.78, 5) is 26.3. The van der Waals surface area contributed by atoms with Crippen molar-refractivity contribution in [2.45, 2.75) is 84.2 Å². The summed E-state index contributed by atoms with van der Waals surface area (Å²) in [6.45, 7) is 9.43. The van der Waals surface area contributed by atoms with Gasteiger partial charge >= 0.3 is 5.97 Å². The van der Waals surface area contributed by atoms with Gasteiger partial charge in [0.1, 0.15) is 25.0 Å². The molecule has 0 aromatic heterocycles. The van der Waals surface area contributed by atoms with Crippen molar-refractivity contribution in [1.29, 1.82) is 0 Å². The largest absolute Gasteiger partial charge is 0.462 e. The van der Waals surface area contributed by atoms with Gasteiger partial charge in [-0.15, -0.1) is 0 Å². The van der Waals surface area contributed by atoms with Crippen LogP contribution in [-0.2, 0) is 19.1 Å². The molecule has 174 valence electrons. The Hall–Kier alpha value is -0.940. The molecule has 4 saturated carbocycles. The number of ketones is 1. The molecule has 0 aromatic carbocycles. The van der Waals surface area contributed by atoms with E-state index in [0.717, 1.165) is 70.4 Å². The number of carbonyl (C=O) groups excluding carboxylic acids is 2. The molecule has 1 saturated heterocycles. The monoisotopic (exact) mass is 432 g/mol. The third-order valence-corrected chi connectivity index (χ3v) is 10.6. The molecule has 31 heavy (non-hydrogen) atoms. The molecule has 1 heterocycles. The van der Waals surface area contributed by atoms with Crippen molar-refractivity contribution in [1.82, 2.24) is 0 Å². The van der Waals surface area contributed by atoms with Crippen molar-refractivity contribution in [3.8, 4) is 0 Å². The van der Waals surface area contributed by atoms with E-state index in [1.54, 1.807) is 0 Å². The van der Waals surface area contributed by atoms with E-state index in [0.29, 0.717) is 29.5 Å². The average molecular weight is 433 g/mol. The van der Waals surface area contributed by atoms with Crippen LogP contribution in [0.2, 0.25) is 0 Å². The number of hydrogen-bond acceptors (Lipinski definition) is 4. The van der Waals surface area contributed by atoms with E-state index >= 15 is 0 Å². The quantitative estimate of drug-likeness (QED) is 0.694. The van der Waals surface area contributed by atoms with Crippen LogP contribution in [0.3, 0.4) is 0 Å². The van der Waals surface area contributed by atoms with Gasteiger partial charge in [-0.3, -0.25) is 9.59 Å². The summed E-state index contributed by atoms with van der Waals surface area (Å²) in [5.74, 6) is 3.32. The summed E-state index contributed by atoms with van der Waals surface area (Å²) in [7, 11) is 0. The molecule has 0 radical (unpaired) electrons. The van der Waals surface area contributed by atoms with Crippen LogP contribution in [0.5, 0.6) is 0 Å². The number of nitrogens with one attached hydrogen (secondary N) is 1. The first-order valence-corrected chi connectivity index (χ1v) is 13.0. The van der Waals surface area contributed by atoms with Crippen LogP contribution in [0.1, 0.15) is 78.1 Å². The van der Waals surface area contributed by atoms with Crippen LogP contribution in [0.15, 0.2) is 0 Å². The fraction of sp³-hybridized carbons (Fsp3) is 0.923. The maximum Gasteiger partial charge on any atom is 0.311 e. The molecular weight excluding hydrogens is 390 g/mol. The summed E-state index contributed by atoms with van der Waals surface area (Å²) in [6, 6.07) is 0. The van der Waals surface area contributed by atoms with Crippen LogP contribution in [0.4, 0.5) is 0 Å². The molecule has 7 atom stereocenters. The van der Waals surface area contributed by atoms with E-state index in [2.05, 4.69) is 13.8 Å². The van der Waals surface area contributed by atoms with E-state index in [1.807, 2.05) is 0 Å². The minimum atomic E-state index is 0.00875. The lowest BCUT2D eigenvalue weighted by Gasteiger charge is -2.60. The first-order valence-electron chi connectivity index (χ1n) is 13.0. The molecule has 0 spiro atoms. The molecular formula is C26H42NO4+. The Kier molecular flexibility index (Phi) is 5.96. The van der Waals surface area contributed by atoms with Gasteiger partial charge in [-0.2, -0.15) is 0 Å². The minimum Gasteiger partial charge on any atom is -0.462 e. The Balaban J connectivity index is 1.22. The van der Waals surface area contributed by atoms with Gasteiger partial charge in [-0.25, -0.2) is 0 Å². The lowest BCUT2D eigenvalue weighted by atomic mass is 9.45. The summed E-state index contributed by atoms with van der Waals surface area (Å²) in [5.41, 5.74) is 0.504. The Labute approximate surface area is 187 Å². The highest BCUT2D eigenvalue weighted by atomic mass is 16.5. The van der Waals surface area contributed by atoms with Crippen molar-refractivity contribution in [3.05, 3.63) is 0 Å². The zero-order valence-corrected chi connectivity index (χ0v) is 19.6. The molecule has 1 N–H and O–H groups in total. The third-order valence-electron chi connectivity index (χ3n) is 10.6. The second-order valence-corrected chi connectivity index (χ2v) is 11.9. The predicted molar refractivity (Wildman–Crippen MR) is 118 cm³/mol. The molecule has 0 bridgehead atoms. The molecule has 0 unspecified atom stereocenters. The first kappa shape index (κ1) is 21.9. The van der Waals surface area contributed by atoms with E-state index in [4.69, 9.17) is 9.47 Å². The van der Waals surface area contributed by atoms with Crippen molar-refractivity contribution in [2.75, 3.05) is 32.8 Å². The Morgan fingerprint density at radius 3 is 2.61 bits per heavy atom. The number of quaternary nitrogens is 1. The number of fused-ring (bicyclic) bond motifs is 5. The second-order valence-electron chi connectivity index (χ2n) is 11.9. The normalized spacial score (nSPS) is 45.5. The maximum absolute atomic E-state index is 12.7. The van der Waals surface area contributed by atoms with Crippen LogP contribution in [0, 0.1) is 34.5 Å². The number of carbonyl (C=O) groups is 2. The molecule has 0 aromatic rings.